The Kier molecular flexibility index (Phi) is 4.68. The van der Waals surface area contributed by atoms with Crippen LogP contribution in [0.1, 0.15) is 38.2 Å². The minimum atomic E-state index is 0.350. The molecule has 0 spiro atoms. The number of rotatable bonds is 3. The number of hydrogen-bond donors (Lipinski definition) is 0. The van der Waals surface area contributed by atoms with Gasteiger partial charge in [0.15, 0.2) is 0 Å². The van der Waals surface area contributed by atoms with Gasteiger partial charge in [0, 0.05) is 18.7 Å². The lowest BCUT2D eigenvalue weighted by atomic mass is 9.87. The van der Waals surface area contributed by atoms with E-state index in [1.165, 1.54) is 32.0 Å². The lowest BCUT2D eigenvalue weighted by molar-refractivity contribution is 0.339. The molecule has 1 aromatic heterocycles. The Bertz CT molecular complexity index is 403. The fourth-order valence-corrected chi connectivity index (χ4v) is 3.11. The first-order valence-electron chi connectivity index (χ1n) is 6.41. The largest absolute Gasteiger partial charge is 0.356 e. The smallest absolute Gasteiger partial charge is 0.138 e. The predicted octanol–water partition coefficient (Wildman–Crippen LogP) is 3.88. The minimum Gasteiger partial charge on any atom is -0.356 e. The highest BCUT2D eigenvalue weighted by Gasteiger charge is 2.24. The van der Waals surface area contributed by atoms with E-state index < -0.39 is 0 Å². The van der Waals surface area contributed by atoms with E-state index in [9.17, 15) is 0 Å². The first kappa shape index (κ1) is 13.9. The average Bonchev–Trinajstić information content (AvgIpc) is 2.38. The fourth-order valence-electron chi connectivity index (χ4n) is 2.60. The molecule has 0 bridgehead atoms. The molecule has 1 aliphatic carbocycles. The van der Waals surface area contributed by atoms with Crippen LogP contribution in [-0.2, 0) is 5.88 Å². The number of anilines is 1. The molecule has 0 aromatic carbocycles. The predicted molar refractivity (Wildman–Crippen MR) is 76.4 cm³/mol. The molecule has 0 atom stereocenters. The summed E-state index contributed by atoms with van der Waals surface area (Å²) in [5, 5.41) is 0.464. The van der Waals surface area contributed by atoms with E-state index in [2.05, 4.69) is 28.8 Å². The summed E-state index contributed by atoms with van der Waals surface area (Å²) in [6, 6.07) is 0.536. The zero-order valence-electron chi connectivity index (χ0n) is 10.9. The van der Waals surface area contributed by atoms with Crippen LogP contribution in [-0.4, -0.2) is 23.1 Å². The van der Waals surface area contributed by atoms with Gasteiger partial charge in [0.2, 0.25) is 0 Å². The SMILES string of the molecule is CC1CCC(N(C)c2ncnc(Cl)c2CCl)CC1. The number of alkyl halides is 1. The molecule has 100 valence electrons. The summed E-state index contributed by atoms with van der Waals surface area (Å²) in [4.78, 5) is 10.6. The van der Waals surface area contributed by atoms with E-state index in [-0.39, 0.29) is 0 Å². The maximum atomic E-state index is 6.07. The molecule has 1 saturated carbocycles. The van der Waals surface area contributed by atoms with Crippen LogP contribution in [0, 0.1) is 5.92 Å². The third-order valence-corrected chi connectivity index (χ3v) is 4.46. The molecular formula is C13H19Cl2N3. The van der Waals surface area contributed by atoms with Crippen LogP contribution in [0.3, 0.4) is 0 Å². The molecule has 2 rings (SSSR count). The van der Waals surface area contributed by atoms with Crippen LogP contribution in [0.15, 0.2) is 6.33 Å². The molecule has 3 nitrogen and oxygen atoms in total. The molecule has 1 aliphatic rings. The third-order valence-electron chi connectivity index (χ3n) is 3.87. The second-order valence-corrected chi connectivity index (χ2v) is 5.75. The zero-order chi connectivity index (χ0) is 13.1. The highest BCUT2D eigenvalue weighted by atomic mass is 35.5. The normalized spacial score (nSPS) is 24.0. The van der Waals surface area contributed by atoms with Gasteiger partial charge in [-0.3, -0.25) is 0 Å². The van der Waals surface area contributed by atoms with Crippen molar-refractivity contribution >= 4 is 29.0 Å². The monoisotopic (exact) mass is 287 g/mol. The van der Waals surface area contributed by atoms with Gasteiger partial charge in [-0.15, -0.1) is 11.6 Å². The van der Waals surface area contributed by atoms with E-state index in [4.69, 9.17) is 23.2 Å². The number of halogens is 2. The van der Waals surface area contributed by atoms with Crippen molar-refractivity contribution in [3.63, 3.8) is 0 Å². The standard InChI is InChI=1S/C13H19Cl2N3/c1-9-3-5-10(6-4-9)18(2)13-11(7-14)12(15)16-8-17-13/h8-10H,3-7H2,1-2H3. The van der Waals surface area contributed by atoms with Gasteiger partial charge in [-0.2, -0.15) is 0 Å². The van der Waals surface area contributed by atoms with Crippen molar-refractivity contribution < 1.29 is 0 Å². The molecule has 0 aliphatic heterocycles. The lowest BCUT2D eigenvalue weighted by Crippen LogP contribution is -2.36. The Labute approximate surface area is 119 Å². The van der Waals surface area contributed by atoms with E-state index in [1.54, 1.807) is 0 Å². The quantitative estimate of drug-likeness (QED) is 0.624. The maximum Gasteiger partial charge on any atom is 0.138 e. The Morgan fingerprint density at radius 3 is 2.56 bits per heavy atom. The minimum absolute atomic E-state index is 0.350. The topological polar surface area (TPSA) is 29.0 Å². The number of hydrogen-bond acceptors (Lipinski definition) is 3. The molecule has 1 aromatic rings. The summed E-state index contributed by atoms with van der Waals surface area (Å²) in [6.45, 7) is 2.32. The van der Waals surface area contributed by atoms with Crippen LogP contribution in [0.2, 0.25) is 5.15 Å². The summed E-state index contributed by atoms with van der Waals surface area (Å²) in [6.07, 6.45) is 6.49. The van der Waals surface area contributed by atoms with Gasteiger partial charge in [-0.1, -0.05) is 18.5 Å². The second-order valence-electron chi connectivity index (χ2n) is 5.12. The molecule has 1 fully saturated rings. The van der Waals surface area contributed by atoms with Gasteiger partial charge in [-0.05, 0) is 31.6 Å². The molecule has 0 radical (unpaired) electrons. The molecule has 0 unspecified atom stereocenters. The Morgan fingerprint density at radius 1 is 1.28 bits per heavy atom. The van der Waals surface area contributed by atoms with Crippen molar-refractivity contribution in [2.24, 2.45) is 5.92 Å². The van der Waals surface area contributed by atoms with Crippen molar-refractivity contribution in [1.29, 1.82) is 0 Å². The van der Waals surface area contributed by atoms with Gasteiger partial charge in [0.1, 0.15) is 17.3 Å². The van der Waals surface area contributed by atoms with Gasteiger partial charge in [0.05, 0.1) is 5.88 Å². The summed E-state index contributed by atoms with van der Waals surface area (Å²) in [7, 11) is 2.08. The van der Waals surface area contributed by atoms with Gasteiger partial charge < -0.3 is 4.90 Å². The van der Waals surface area contributed by atoms with Gasteiger partial charge in [0.25, 0.3) is 0 Å². The van der Waals surface area contributed by atoms with Gasteiger partial charge >= 0.3 is 0 Å². The number of nitrogens with zero attached hydrogens (tertiary/aromatic N) is 3. The van der Waals surface area contributed by atoms with Crippen LogP contribution < -0.4 is 4.90 Å². The van der Waals surface area contributed by atoms with E-state index in [0.29, 0.717) is 17.1 Å². The molecular weight excluding hydrogens is 269 g/mol. The summed E-state index contributed by atoms with van der Waals surface area (Å²) in [5.41, 5.74) is 0.835. The van der Waals surface area contributed by atoms with Crippen molar-refractivity contribution in [3.8, 4) is 0 Å². The number of aromatic nitrogens is 2. The van der Waals surface area contributed by atoms with Crippen LogP contribution >= 0.6 is 23.2 Å². The van der Waals surface area contributed by atoms with Crippen LogP contribution in [0.5, 0.6) is 0 Å². The molecule has 0 amide bonds. The van der Waals surface area contributed by atoms with E-state index >= 15 is 0 Å². The Balaban J connectivity index is 2.18. The van der Waals surface area contributed by atoms with Crippen molar-refractivity contribution in [1.82, 2.24) is 9.97 Å². The molecule has 1 heterocycles. The molecule has 18 heavy (non-hydrogen) atoms. The Hall–Kier alpha value is -0.540. The second kappa shape index (κ2) is 6.07. The molecule has 0 N–H and O–H groups in total. The highest BCUT2D eigenvalue weighted by Crippen LogP contribution is 2.31. The lowest BCUT2D eigenvalue weighted by Gasteiger charge is -2.35. The van der Waals surface area contributed by atoms with Crippen LogP contribution in [0.4, 0.5) is 5.82 Å². The van der Waals surface area contributed by atoms with Crippen molar-refractivity contribution in [2.75, 3.05) is 11.9 Å². The van der Waals surface area contributed by atoms with E-state index in [1.807, 2.05) is 0 Å². The maximum absolute atomic E-state index is 6.07. The highest BCUT2D eigenvalue weighted by molar-refractivity contribution is 6.31. The summed E-state index contributed by atoms with van der Waals surface area (Å²) < 4.78 is 0. The van der Waals surface area contributed by atoms with Crippen molar-refractivity contribution in [2.45, 2.75) is 44.5 Å². The van der Waals surface area contributed by atoms with Gasteiger partial charge in [-0.25, -0.2) is 9.97 Å². The first-order chi connectivity index (χ1) is 8.63. The average molecular weight is 288 g/mol. The zero-order valence-corrected chi connectivity index (χ0v) is 12.4. The Morgan fingerprint density at radius 2 is 1.94 bits per heavy atom. The third kappa shape index (κ3) is 2.89. The molecule has 0 saturated heterocycles. The first-order valence-corrected chi connectivity index (χ1v) is 7.33. The summed E-state index contributed by atoms with van der Waals surface area (Å²) in [5.74, 6) is 2.07. The fraction of sp³-hybridized carbons (Fsp3) is 0.692. The summed E-state index contributed by atoms with van der Waals surface area (Å²) >= 11 is 12.0. The molecule has 5 heteroatoms. The van der Waals surface area contributed by atoms with Crippen molar-refractivity contribution in [3.05, 3.63) is 17.0 Å². The van der Waals surface area contributed by atoms with E-state index in [0.717, 1.165) is 17.3 Å². The van der Waals surface area contributed by atoms with Crippen LogP contribution in [0.25, 0.3) is 0 Å².